The molecule has 0 aliphatic carbocycles. The third-order valence-corrected chi connectivity index (χ3v) is 6.50. The van der Waals surface area contributed by atoms with E-state index in [-0.39, 0.29) is 45.1 Å². The van der Waals surface area contributed by atoms with Gasteiger partial charge in [-0.15, -0.1) is 61.4 Å². The Bertz CT molecular complexity index is 2360. The largest absolute Gasteiger partial charge is 2.00 e. The standard InChI is InChI=1S/2C16H12N6.2C2H3N.4ClHO4.2Fe.2H2O/c2*1-3-9-17-13(7-1)15-19-20-16(14-8-2-4-10-18-14)22(15)21-11-5-6-12-21;2*1-2-3;4*2-1(3,4)5;;;;/h2*1-12H;2*1H3;4*(H,2,3,4,5);;;2*1H2/q;;;;;;;;2*+2;;/p-2. The Morgan fingerprint density at radius 3 is 0.649 bits per heavy atom. The van der Waals surface area contributed by atoms with E-state index in [1.54, 1.807) is 36.9 Å². The van der Waals surface area contributed by atoms with Gasteiger partial charge in [-0.2, -0.15) is 10.5 Å². The van der Waals surface area contributed by atoms with Crippen LogP contribution in [0.5, 0.6) is 0 Å². The maximum absolute atomic E-state index is 8.49. The van der Waals surface area contributed by atoms with Gasteiger partial charge in [-0.1, -0.05) is 24.3 Å². The van der Waals surface area contributed by atoms with Crippen molar-refractivity contribution in [2.75, 3.05) is 0 Å². The van der Waals surface area contributed by atoms with Crippen LogP contribution in [-0.2, 0) is 45.1 Å². The van der Waals surface area contributed by atoms with Gasteiger partial charge in [0.1, 0.15) is 22.8 Å². The molecule has 0 amide bonds. The normalized spacial score (nSPS) is 9.84. The molecular weight excluding hydrogens is 1170 g/mol. The van der Waals surface area contributed by atoms with Crippen LogP contribution in [0.1, 0.15) is 13.8 Å². The van der Waals surface area contributed by atoms with Crippen LogP contribution in [0.4, 0.5) is 0 Å². The van der Waals surface area contributed by atoms with Crippen LogP contribution in [0.25, 0.3) is 46.1 Å². The first-order valence-electron chi connectivity index (χ1n) is 17.6. The summed E-state index contributed by atoms with van der Waals surface area (Å²) in [6.07, 6.45) is 14.7. The summed E-state index contributed by atoms with van der Waals surface area (Å²) in [6.45, 7) is 2.86. The van der Waals surface area contributed by atoms with Gasteiger partial charge < -0.3 is 11.0 Å². The van der Waals surface area contributed by atoms with Gasteiger partial charge in [0.25, 0.3) is 0 Å². The molecule has 0 aliphatic rings. The monoisotopic (exact) mass is 1200 g/mol. The summed E-state index contributed by atoms with van der Waals surface area (Å²) in [6, 6.07) is 34.1. The van der Waals surface area contributed by atoms with Crippen LogP contribution >= 0.6 is 0 Å². The van der Waals surface area contributed by atoms with Crippen LogP contribution in [0.2, 0.25) is 0 Å². The molecule has 8 aromatic rings. The molecule has 0 unspecified atom stereocenters. The van der Waals surface area contributed by atoms with Gasteiger partial charge in [-0.05, 0) is 72.8 Å². The molecule has 0 saturated carbocycles. The smallest absolute Gasteiger partial charge is 0.457 e. The van der Waals surface area contributed by atoms with E-state index in [1.165, 1.54) is 13.8 Å². The van der Waals surface area contributed by atoms with Gasteiger partial charge in [0.05, 0.1) is 12.1 Å². The molecule has 32 nitrogen and oxygen atoms in total. The molecule has 6 N–H and O–H groups in total. The zero-order valence-electron chi connectivity index (χ0n) is 37.0. The fourth-order valence-electron chi connectivity index (χ4n) is 4.53. The summed E-state index contributed by atoms with van der Waals surface area (Å²) in [5, 5.41) is 31.9. The zero-order valence-corrected chi connectivity index (χ0v) is 42.3. The minimum Gasteiger partial charge on any atom is -0.457 e. The molecule has 400 valence electrons. The number of hydrogen-bond acceptors (Lipinski definition) is 26. The van der Waals surface area contributed by atoms with Crippen molar-refractivity contribution >= 4 is 0 Å². The minimum absolute atomic E-state index is 0. The van der Waals surface area contributed by atoms with E-state index in [0.29, 0.717) is 23.3 Å². The van der Waals surface area contributed by atoms with E-state index in [1.807, 2.05) is 141 Å². The maximum Gasteiger partial charge on any atom is 2.00 e. The predicted molar refractivity (Wildman–Crippen MR) is 196 cm³/mol. The number of halogens is 4. The van der Waals surface area contributed by atoms with Crippen LogP contribution in [0.3, 0.4) is 0 Å². The van der Waals surface area contributed by atoms with E-state index in [0.717, 1.165) is 22.8 Å². The summed E-state index contributed by atoms with van der Waals surface area (Å²) in [5.74, 6) is 2.66. The first kappa shape index (κ1) is 74.4. The SMILES string of the molecule is CC#N.CC#N.[Fe+2].[Fe+2].[O-][Cl+3]([O-])([O-])[O-].[O-][Cl+3]([O-])([O-])[O-].[O-][Cl+3]([O-])([O-])[O-].[O-][Cl+3]([O-])([O-])[O-].[OH3+].[OH3+].c1ccc(-c2nnc(-c3ccccn3)n2-n2cccc2)nc1.c1ccc(-c2nnc(-c3ccccn3)n2-n2cccc2)nc1. The van der Waals surface area contributed by atoms with Crippen molar-refractivity contribution in [1.29, 1.82) is 10.5 Å². The maximum atomic E-state index is 8.49. The van der Waals surface area contributed by atoms with Gasteiger partial charge in [0, 0.05) is 63.4 Å². The van der Waals surface area contributed by atoms with Crippen molar-refractivity contribution in [2.24, 2.45) is 0 Å². The minimum atomic E-state index is -4.94. The second-order valence-corrected chi connectivity index (χ2v) is 14.3. The fraction of sp³-hybridized carbons (Fsp3) is 0.0556. The van der Waals surface area contributed by atoms with Crippen molar-refractivity contribution < 1.29 is 161 Å². The van der Waals surface area contributed by atoms with E-state index in [2.05, 4.69) is 40.3 Å². The Labute approximate surface area is 446 Å². The van der Waals surface area contributed by atoms with Gasteiger partial charge >= 0.3 is 34.1 Å². The first-order valence-corrected chi connectivity index (χ1v) is 22.6. The second kappa shape index (κ2) is 37.6. The Morgan fingerprint density at radius 1 is 0.351 bits per heavy atom. The molecule has 0 radical (unpaired) electrons. The number of hydrogen-bond donors (Lipinski definition) is 0. The summed E-state index contributed by atoms with van der Waals surface area (Å²) in [5.41, 5.74) is 3.02. The molecule has 8 rings (SSSR count). The molecule has 8 aromatic heterocycles. The Balaban J connectivity index is -0.000000437. The van der Waals surface area contributed by atoms with E-state index >= 15 is 0 Å². The van der Waals surface area contributed by atoms with Crippen molar-refractivity contribution in [2.45, 2.75) is 13.8 Å². The average molecular weight is 1210 g/mol. The predicted octanol–water partition coefficient (Wildman–Crippen LogP) is -14.8. The van der Waals surface area contributed by atoms with Gasteiger partial charge in [-0.25, -0.2) is 83.9 Å². The van der Waals surface area contributed by atoms with Crippen LogP contribution in [0.15, 0.2) is 147 Å². The number of aromatic nitrogens is 12. The summed E-state index contributed by atoms with van der Waals surface area (Å²) < 4.78 is 143. The third-order valence-electron chi connectivity index (χ3n) is 6.50. The zero-order chi connectivity index (χ0) is 53.0. The summed E-state index contributed by atoms with van der Waals surface area (Å²) >= 11 is 0. The van der Waals surface area contributed by atoms with Gasteiger partial charge in [-0.3, -0.25) is 29.3 Å². The Hall–Kier alpha value is -6.10. The van der Waals surface area contributed by atoms with E-state index < -0.39 is 41.0 Å². The average Bonchev–Trinajstić information content (AvgIpc) is 4.11. The number of rotatable bonds is 6. The second-order valence-electron chi connectivity index (χ2n) is 11.3. The van der Waals surface area contributed by atoms with Crippen molar-refractivity contribution in [3.63, 3.8) is 0 Å². The molecule has 0 saturated heterocycles. The van der Waals surface area contributed by atoms with E-state index in [4.69, 9.17) is 85.1 Å². The molecule has 38 heteroatoms. The van der Waals surface area contributed by atoms with Crippen LogP contribution < -0.4 is 74.5 Å². The quantitative estimate of drug-likeness (QED) is 0.110. The first-order chi connectivity index (χ1) is 32.7. The van der Waals surface area contributed by atoms with Gasteiger partial charge in [0.15, 0.2) is 0 Å². The van der Waals surface area contributed by atoms with Crippen molar-refractivity contribution in [3.8, 4) is 58.2 Å². The van der Waals surface area contributed by atoms with E-state index in [9.17, 15) is 0 Å². The van der Waals surface area contributed by atoms with Crippen LogP contribution in [-0.4, -0.2) is 59.0 Å². The molecule has 0 aliphatic heterocycles. The van der Waals surface area contributed by atoms with Crippen LogP contribution in [0, 0.1) is 63.6 Å². The number of nitrogens with zero attached hydrogens (tertiary/aromatic N) is 14. The number of nitriles is 2. The molecule has 8 heterocycles. The molecule has 0 bridgehead atoms. The summed E-state index contributed by atoms with van der Waals surface area (Å²) in [7, 11) is -19.8. The Morgan fingerprint density at radius 2 is 0.514 bits per heavy atom. The summed E-state index contributed by atoms with van der Waals surface area (Å²) in [4.78, 5) is 17.5. The molecular formula is C36H36Cl4Fe2N14O18+2. The third kappa shape index (κ3) is 34.3. The molecule has 0 atom stereocenters. The Kier molecular flexibility index (Phi) is 37.8. The fourth-order valence-corrected chi connectivity index (χ4v) is 4.53. The van der Waals surface area contributed by atoms with Crippen molar-refractivity contribution in [1.82, 2.24) is 59.0 Å². The van der Waals surface area contributed by atoms with Crippen molar-refractivity contribution in [3.05, 3.63) is 147 Å². The topological polar surface area (TPSA) is 605 Å². The molecule has 0 spiro atoms. The number of pyridine rings is 4. The molecule has 0 fully saturated rings. The molecule has 0 aromatic carbocycles. The molecule has 74 heavy (non-hydrogen) atoms. The van der Waals surface area contributed by atoms with Gasteiger partial charge in [0.2, 0.25) is 23.3 Å².